The number of rotatable bonds is 18. The molecule has 0 spiro atoms. The number of hydrogen-bond acceptors (Lipinski definition) is 11. The first-order valence-corrected chi connectivity index (χ1v) is 20.6. The van der Waals surface area contributed by atoms with E-state index in [1.807, 2.05) is 24.3 Å². The molecule has 62 heavy (non-hydrogen) atoms. The number of carbonyl (C=O) groups excluding carboxylic acids is 5. The number of hydrogen-bond donors (Lipinski definition) is 4. The molecule has 4 N–H and O–H groups in total. The van der Waals surface area contributed by atoms with Crippen LogP contribution in [-0.4, -0.2) is 122 Å². The molecule has 0 atom stereocenters. The highest BCUT2D eigenvalue weighted by atomic mass is 19.1. The quantitative estimate of drug-likeness (QED) is 0.0455. The fourth-order valence-corrected chi connectivity index (χ4v) is 6.72. The van der Waals surface area contributed by atoms with E-state index in [9.17, 15) is 24.0 Å². The van der Waals surface area contributed by atoms with E-state index in [-0.39, 0.29) is 68.7 Å². The van der Waals surface area contributed by atoms with Gasteiger partial charge >= 0.3 is 6.09 Å². The first kappa shape index (κ1) is 46.5. The number of hydrazone groups is 1. The summed E-state index contributed by atoms with van der Waals surface area (Å²) in [7, 11) is 1.64. The lowest BCUT2D eigenvalue weighted by molar-refractivity contribution is -0.131. The molecule has 0 bridgehead atoms. The Balaban J connectivity index is 1.03. The smallest absolute Gasteiger partial charge is 0.412 e. The zero-order valence-corrected chi connectivity index (χ0v) is 35.9. The molecule has 1 aliphatic rings. The van der Waals surface area contributed by atoms with Gasteiger partial charge in [-0.2, -0.15) is 5.10 Å². The fraction of sp³-hybridized carbons (Fsp3) is 0.370. The summed E-state index contributed by atoms with van der Waals surface area (Å²) in [5.41, 5.74) is 7.24. The Hall–Kier alpha value is -6.52. The first-order chi connectivity index (χ1) is 29.8. The van der Waals surface area contributed by atoms with Crippen LogP contribution in [0.3, 0.4) is 0 Å². The lowest BCUT2D eigenvalue weighted by atomic mass is 9.97. The Kier molecular flexibility index (Phi) is 16.8. The van der Waals surface area contributed by atoms with E-state index in [1.165, 1.54) is 17.0 Å². The lowest BCUT2D eigenvalue weighted by Gasteiger charge is -2.35. The van der Waals surface area contributed by atoms with E-state index in [4.69, 9.17) is 9.47 Å². The van der Waals surface area contributed by atoms with Crippen molar-refractivity contribution in [3.63, 3.8) is 0 Å². The van der Waals surface area contributed by atoms with Gasteiger partial charge in [0.15, 0.2) is 12.0 Å². The van der Waals surface area contributed by atoms with Crippen molar-refractivity contribution in [2.45, 2.75) is 46.1 Å². The van der Waals surface area contributed by atoms with Crippen LogP contribution in [0.1, 0.15) is 75.6 Å². The Morgan fingerprint density at radius 1 is 0.871 bits per heavy atom. The first-order valence-electron chi connectivity index (χ1n) is 20.6. The molecular weight excluding hydrogens is 796 g/mol. The number of ether oxygens (including phenoxy) is 2. The summed E-state index contributed by atoms with van der Waals surface area (Å²) in [6, 6.07) is 21.0. The van der Waals surface area contributed by atoms with Crippen LogP contribution in [0.2, 0.25) is 0 Å². The lowest BCUT2D eigenvalue weighted by Crippen LogP contribution is -2.52. The highest BCUT2D eigenvalue weighted by Crippen LogP contribution is 2.26. The number of halogens is 1. The molecule has 1 fully saturated rings. The van der Waals surface area contributed by atoms with Crippen molar-refractivity contribution in [1.29, 1.82) is 0 Å². The van der Waals surface area contributed by atoms with Crippen molar-refractivity contribution in [2.24, 2.45) is 5.10 Å². The zero-order valence-electron chi connectivity index (χ0n) is 35.9. The van der Waals surface area contributed by atoms with Crippen LogP contribution in [0, 0.1) is 5.82 Å². The Bertz CT molecular complexity index is 2250. The van der Waals surface area contributed by atoms with E-state index in [0.29, 0.717) is 42.0 Å². The van der Waals surface area contributed by atoms with Gasteiger partial charge in [-0.15, -0.1) is 0 Å². The summed E-state index contributed by atoms with van der Waals surface area (Å²) >= 11 is 0. The van der Waals surface area contributed by atoms with Crippen molar-refractivity contribution in [2.75, 3.05) is 71.4 Å². The van der Waals surface area contributed by atoms with Gasteiger partial charge in [-0.1, -0.05) is 61.5 Å². The van der Waals surface area contributed by atoms with Crippen LogP contribution in [0.25, 0.3) is 11.1 Å². The van der Waals surface area contributed by atoms with Gasteiger partial charge in [0.25, 0.3) is 11.8 Å². The molecule has 0 aliphatic carbocycles. The van der Waals surface area contributed by atoms with Crippen LogP contribution in [0.15, 0.2) is 84.1 Å². The van der Waals surface area contributed by atoms with Gasteiger partial charge in [-0.3, -0.25) is 24.5 Å². The number of amides is 4. The number of nitrogens with one attached hydrogen (secondary N) is 4. The fourth-order valence-electron chi connectivity index (χ4n) is 6.72. The molecule has 5 rings (SSSR count). The average Bonchev–Trinajstić information content (AvgIpc) is 3.26. The van der Waals surface area contributed by atoms with E-state index < -0.39 is 29.3 Å². The second-order valence-corrected chi connectivity index (χ2v) is 15.5. The van der Waals surface area contributed by atoms with E-state index >= 15 is 4.39 Å². The van der Waals surface area contributed by atoms with Gasteiger partial charge in [0, 0.05) is 75.6 Å². The third-order valence-electron chi connectivity index (χ3n) is 9.84. The maximum absolute atomic E-state index is 15.0. The van der Waals surface area contributed by atoms with E-state index in [2.05, 4.69) is 38.4 Å². The minimum Gasteiger partial charge on any atom is -0.444 e. The topological polar surface area (TPSA) is 184 Å². The third-order valence-corrected chi connectivity index (χ3v) is 9.84. The maximum atomic E-state index is 15.0. The predicted molar refractivity (Wildman–Crippen MR) is 235 cm³/mol. The molecule has 0 unspecified atom stereocenters. The number of pyridine rings is 1. The zero-order chi connectivity index (χ0) is 44.6. The van der Waals surface area contributed by atoms with Crippen molar-refractivity contribution >= 4 is 41.5 Å². The number of benzene rings is 3. The predicted octanol–water partition coefficient (Wildman–Crippen LogP) is 5.10. The minimum atomic E-state index is -0.744. The summed E-state index contributed by atoms with van der Waals surface area (Å²) in [5.74, 6) is -1.76. The standard InChI is InChI=1S/C46H55FN8O7/c1-6-31-10-9-12-33(24-31)35-27-40(52-45(60)62-46(2,3)4)42(51-28-35)43(58)50-17-23-61-22-16-49-29-41(57)54-18-20-55(21-19-54)44(59)37-25-32(14-15-38(37)47)26-39(53-48-5)36-13-8-7-11-34(36)30-56/h7-15,24-25,27-28,30,48-49H,6,16-23,26,29H2,1-5H3,(H,50,58)(H,52,60)/b53-39-. The molecule has 0 radical (unpaired) electrons. The number of piperazine rings is 1. The SMILES string of the molecule is CCc1cccc(-c2cnc(C(=O)NCCOCCNCC(=O)N3CCN(C(=O)c4cc(C/C(=N/NC)c5ccccc5C=O)ccc4F)CC3)c(NC(=O)OC(C)(C)C)c2)c1. The number of aldehydes is 1. The second-order valence-electron chi connectivity index (χ2n) is 15.5. The molecule has 1 aliphatic heterocycles. The maximum Gasteiger partial charge on any atom is 0.412 e. The summed E-state index contributed by atoms with van der Waals surface area (Å²) in [5, 5.41) is 12.9. The summed E-state index contributed by atoms with van der Waals surface area (Å²) < 4.78 is 26.1. The highest BCUT2D eigenvalue weighted by molar-refractivity contribution is 6.07. The Morgan fingerprint density at radius 2 is 1.61 bits per heavy atom. The molecule has 15 nitrogen and oxygen atoms in total. The average molecular weight is 851 g/mol. The number of aryl methyl sites for hydroxylation is 1. The largest absolute Gasteiger partial charge is 0.444 e. The van der Waals surface area contributed by atoms with Crippen LogP contribution < -0.4 is 21.4 Å². The Labute approximate surface area is 361 Å². The van der Waals surface area contributed by atoms with Crippen molar-refractivity contribution in [3.8, 4) is 11.1 Å². The number of anilines is 1. The summed E-state index contributed by atoms with van der Waals surface area (Å²) in [4.78, 5) is 71.5. The van der Waals surface area contributed by atoms with Crippen molar-refractivity contribution in [1.82, 2.24) is 30.8 Å². The van der Waals surface area contributed by atoms with Crippen LogP contribution in [0.4, 0.5) is 14.9 Å². The van der Waals surface area contributed by atoms with Gasteiger partial charge in [-0.05, 0) is 62.1 Å². The van der Waals surface area contributed by atoms with Crippen LogP contribution >= 0.6 is 0 Å². The third kappa shape index (κ3) is 13.2. The molecule has 4 aromatic rings. The molecule has 1 aromatic heterocycles. The Morgan fingerprint density at radius 3 is 2.34 bits per heavy atom. The summed E-state index contributed by atoms with van der Waals surface area (Å²) in [6.45, 7) is 9.46. The molecule has 2 heterocycles. The van der Waals surface area contributed by atoms with Crippen LogP contribution in [0.5, 0.6) is 0 Å². The molecule has 328 valence electrons. The normalized spacial score (nSPS) is 13.0. The van der Waals surface area contributed by atoms with Gasteiger partial charge in [0.05, 0.1) is 36.7 Å². The van der Waals surface area contributed by atoms with Crippen LogP contribution in [-0.2, 0) is 27.1 Å². The molecule has 16 heteroatoms. The number of carbonyl (C=O) groups is 5. The van der Waals surface area contributed by atoms with Crippen molar-refractivity contribution in [3.05, 3.63) is 118 Å². The minimum absolute atomic E-state index is 0.0256. The van der Waals surface area contributed by atoms with E-state index in [0.717, 1.165) is 29.4 Å². The highest BCUT2D eigenvalue weighted by Gasteiger charge is 2.27. The number of nitrogens with zero attached hydrogens (tertiary/aromatic N) is 4. The molecule has 3 aromatic carbocycles. The molecular formula is C46H55FN8O7. The number of aromatic nitrogens is 1. The van der Waals surface area contributed by atoms with E-state index in [1.54, 1.807) is 75.3 Å². The molecule has 0 saturated carbocycles. The van der Waals surface area contributed by atoms with Gasteiger partial charge in [0.2, 0.25) is 5.91 Å². The molecule has 1 saturated heterocycles. The van der Waals surface area contributed by atoms with Gasteiger partial charge in [0.1, 0.15) is 11.4 Å². The van der Waals surface area contributed by atoms with Gasteiger partial charge in [-0.25, -0.2) is 14.2 Å². The monoisotopic (exact) mass is 850 g/mol. The molecule has 4 amide bonds. The van der Waals surface area contributed by atoms with Gasteiger partial charge < -0.3 is 35.3 Å². The summed E-state index contributed by atoms with van der Waals surface area (Å²) in [6.07, 6.45) is 2.74. The second kappa shape index (κ2) is 22.4. The van der Waals surface area contributed by atoms with Crippen molar-refractivity contribution < 1.29 is 37.8 Å².